The Balaban J connectivity index is 1.90. The minimum atomic E-state index is -3.97. The summed E-state index contributed by atoms with van der Waals surface area (Å²) < 4.78 is 34.0. The van der Waals surface area contributed by atoms with E-state index in [4.69, 9.17) is 4.74 Å². The predicted octanol–water partition coefficient (Wildman–Crippen LogP) is 5.47. The van der Waals surface area contributed by atoms with Crippen molar-refractivity contribution in [3.8, 4) is 11.5 Å². The monoisotopic (exact) mass is 480 g/mol. The Bertz CT molecular complexity index is 1150. The molecule has 0 aliphatic rings. The zero-order valence-corrected chi connectivity index (χ0v) is 20.8. The molecule has 0 aliphatic heterocycles. The van der Waals surface area contributed by atoms with Crippen LogP contribution in [0.1, 0.15) is 27.7 Å². The van der Waals surface area contributed by atoms with Crippen LogP contribution in [-0.2, 0) is 14.8 Å². The smallest absolute Gasteiger partial charge is 0.264 e. The van der Waals surface area contributed by atoms with Gasteiger partial charge < -0.3 is 10.1 Å². The molecule has 0 fully saturated rings. The highest BCUT2D eigenvalue weighted by atomic mass is 32.2. The zero-order chi connectivity index (χ0) is 24.7. The first-order valence-electron chi connectivity index (χ1n) is 11.4. The van der Waals surface area contributed by atoms with Gasteiger partial charge in [0.15, 0.2) is 0 Å². The maximum atomic E-state index is 13.5. The highest BCUT2D eigenvalue weighted by molar-refractivity contribution is 7.92. The Morgan fingerprint density at radius 3 is 1.82 bits per heavy atom. The summed E-state index contributed by atoms with van der Waals surface area (Å²) in [5, 5.41) is 3.01. The van der Waals surface area contributed by atoms with Crippen LogP contribution in [0.15, 0.2) is 89.8 Å². The number of hydrogen-bond donors (Lipinski definition) is 1. The number of rotatable bonds is 10. The van der Waals surface area contributed by atoms with Gasteiger partial charge in [-0.05, 0) is 60.4 Å². The van der Waals surface area contributed by atoms with E-state index < -0.39 is 10.0 Å². The molecule has 0 aromatic heterocycles. The quantitative estimate of drug-likeness (QED) is 0.417. The Labute approximate surface area is 202 Å². The number of hydrogen-bond acceptors (Lipinski definition) is 4. The van der Waals surface area contributed by atoms with E-state index in [0.717, 1.165) is 4.31 Å². The minimum Gasteiger partial charge on any atom is -0.457 e. The molecule has 34 heavy (non-hydrogen) atoms. The summed E-state index contributed by atoms with van der Waals surface area (Å²) in [5.41, 5.74) is 0.380. The molecule has 3 aromatic carbocycles. The summed E-state index contributed by atoms with van der Waals surface area (Å²) in [5.74, 6) is 1.33. The SMILES string of the molecule is CC(C)C(NC(=O)CN(c1ccc(Oc2ccccc2)cc1)S(=O)(=O)c1ccccc1)C(C)C. The van der Waals surface area contributed by atoms with Gasteiger partial charge in [-0.2, -0.15) is 0 Å². The first-order valence-corrected chi connectivity index (χ1v) is 12.8. The molecule has 0 saturated heterocycles. The molecule has 0 unspecified atom stereocenters. The Morgan fingerprint density at radius 1 is 0.794 bits per heavy atom. The number of carbonyl (C=O) groups is 1. The second-order valence-electron chi connectivity index (χ2n) is 8.82. The van der Waals surface area contributed by atoms with Crippen LogP contribution in [0.4, 0.5) is 5.69 Å². The molecule has 7 heteroatoms. The van der Waals surface area contributed by atoms with Gasteiger partial charge in [0.1, 0.15) is 18.0 Å². The van der Waals surface area contributed by atoms with Gasteiger partial charge in [-0.25, -0.2) is 8.42 Å². The van der Waals surface area contributed by atoms with Crippen LogP contribution in [0, 0.1) is 11.8 Å². The molecule has 0 spiro atoms. The fourth-order valence-electron chi connectivity index (χ4n) is 3.80. The van der Waals surface area contributed by atoms with Crippen molar-refractivity contribution >= 4 is 21.6 Å². The number of para-hydroxylation sites is 1. The molecule has 0 bridgehead atoms. The molecule has 3 aromatic rings. The summed E-state index contributed by atoms with van der Waals surface area (Å²) in [6, 6.07) is 24.1. The van der Waals surface area contributed by atoms with E-state index >= 15 is 0 Å². The first-order chi connectivity index (χ1) is 16.2. The first kappa shape index (κ1) is 25.3. The molecule has 0 heterocycles. The maximum absolute atomic E-state index is 13.5. The van der Waals surface area contributed by atoms with Crippen LogP contribution in [0.2, 0.25) is 0 Å². The summed E-state index contributed by atoms with van der Waals surface area (Å²) in [7, 11) is -3.97. The van der Waals surface area contributed by atoms with Crippen molar-refractivity contribution in [3.63, 3.8) is 0 Å². The number of carbonyl (C=O) groups excluding carboxylic acids is 1. The average Bonchev–Trinajstić information content (AvgIpc) is 2.82. The van der Waals surface area contributed by atoms with Crippen LogP contribution in [0.5, 0.6) is 11.5 Å². The summed E-state index contributed by atoms with van der Waals surface area (Å²) in [4.78, 5) is 13.1. The summed E-state index contributed by atoms with van der Waals surface area (Å²) in [6.07, 6.45) is 0. The third-order valence-corrected chi connectivity index (χ3v) is 7.27. The molecule has 0 radical (unpaired) electrons. The van der Waals surface area contributed by atoms with E-state index in [1.807, 2.05) is 58.0 Å². The molecule has 180 valence electrons. The second kappa shape index (κ2) is 11.2. The fraction of sp³-hybridized carbons (Fsp3) is 0.296. The van der Waals surface area contributed by atoms with Crippen LogP contribution in [-0.4, -0.2) is 26.9 Å². The van der Waals surface area contributed by atoms with Crippen molar-refractivity contribution in [1.82, 2.24) is 5.32 Å². The van der Waals surface area contributed by atoms with E-state index in [-0.39, 0.29) is 35.2 Å². The Kier molecular flexibility index (Phi) is 8.34. The minimum absolute atomic E-state index is 0.0598. The molecule has 3 rings (SSSR count). The summed E-state index contributed by atoms with van der Waals surface area (Å²) in [6.45, 7) is 7.82. The normalized spacial score (nSPS) is 11.6. The molecule has 1 N–H and O–H groups in total. The Morgan fingerprint density at radius 2 is 1.29 bits per heavy atom. The third-order valence-electron chi connectivity index (χ3n) is 5.49. The predicted molar refractivity (Wildman–Crippen MR) is 136 cm³/mol. The maximum Gasteiger partial charge on any atom is 0.264 e. The number of anilines is 1. The van der Waals surface area contributed by atoms with Gasteiger partial charge in [0.2, 0.25) is 5.91 Å². The molecule has 0 aliphatic carbocycles. The molecule has 6 nitrogen and oxygen atoms in total. The van der Waals surface area contributed by atoms with E-state index in [0.29, 0.717) is 17.2 Å². The number of nitrogens with zero attached hydrogens (tertiary/aromatic N) is 1. The Hall–Kier alpha value is -3.32. The van der Waals surface area contributed by atoms with E-state index in [1.165, 1.54) is 12.1 Å². The lowest BCUT2D eigenvalue weighted by molar-refractivity contribution is -0.121. The van der Waals surface area contributed by atoms with Gasteiger partial charge in [0.05, 0.1) is 10.6 Å². The lowest BCUT2D eigenvalue weighted by Gasteiger charge is -2.29. The molecule has 1 amide bonds. The van der Waals surface area contributed by atoms with Crippen molar-refractivity contribution < 1.29 is 17.9 Å². The van der Waals surface area contributed by atoms with Gasteiger partial charge in [-0.3, -0.25) is 9.10 Å². The van der Waals surface area contributed by atoms with Gasteiger partial charge in [0.25, 0.3) is 10.0 Å². The van der Waals surface area contributed by atoms with Crippen LogP contribution in [0.3, 0.4) is 0 Å². The van der Waals surface area contributed by atoms with Crippen molar-refractivity contribution in [2.24, 2.45) is 11.8 Å². The highest BCUT2D eigenvalue weighted by Gasteiger charge is 2.29. The molecule has 0 saturated carbocycles. The van der Waals surface area contributed by atoms with E-state index in [2.05, 4.69) is 5.32 Å². The zero-order valence-electron chi connectivity index (χ0n) is 20.0. The molecule has 0 atom stereocenters. The van der Waals surface area contributed by atoms with Crippen molar-refractivity contribution in [3.05, 3.63) is 84.9 Å². The average molecular weight is 481 g/mol. The van der Waals surface area contributed by atoms with Crippen molar-refractivity contribution in [2.45, 2.75) is 38.6 Å². The van der Waals surface area contributed by atoms with Gasteiger partial charge in [-0.15, -0.1) is 0 Å². The van der Waals surface area contributed by atoms with Crippen LogP contribution >= 0.6 is 0 Å². The molecular formula is C27H32N2O4S. The van der Waals surface area contributed by atoms with Gasteiger partial charge in [-0.1, -0.05) is 64.1 Å². The van der Waals surface area contributed by atoms with E-state index in [1.54, 1.807) is 42.5 Å². The number of amides is 1. The summed E-state index contributed by atoms with van der Waals surface area (Å²) >= 11 is 0. The van der Waals surface area contributed by atoms with Crippen LogP contribution < -0.4 is 14.4 Å². The number of ether oxygens (including phenoxy) is 1. The fourth-order valence-corrected chi connectivity index (χ4v) is 5.25. The lowest BCUT2D eigenvalue weighted by Crippen LogP contribution is -2.47. The second-order valence-corrected chi connectivity index (χ2v) is 10.7. The van der Waals surface area contributed by atoms with E-state index in [9.17, 15) is 13.2 Å². The highest BCUT2D eigenvalue weighted by Crippen LogP contribution is 2.28. The number of nitrogens with one attached hydrogen (secondary N) is 1. The lowest BCUT2D eigenvalue weighted by atomic mass is 9.93. The van der Waals surface area contributed by atoms with Crippen LogP contribution in [0.25, 0.3) is 0 Å². The van der Waals surface area contributed by atoms with Crippen molar-refractivity contribution in [1.29, 1.82) is 0 Å². The molecular weight excluding hydrogens is 448 g/mol. The van der Waals surface area contributed by atoms with Gasteiger partial charge in [0, 0.05) is 6.04 Å². The number of benzene rings is 3. The van der Waals surface area contributed by atoms with Crippen molar-refractivity contribution in [2.75, 3.05) is 10.8 Å². The standard InChI is InChI=1S/C27H32N2O4S/c1-20(2)27(21(3)4)28-26(30)19-29(34(31,32)25-13-9-6-10-14-25)22-15-17-24(18-16-22)33-23-11-7-5-8-12-23/h5-18,20-21,27H,19H2,1-4H3,(H,28,30). The number of sulfonamides is 1. The topological polar surface area (TPSA) is 75.7 Å². The largest absolute Gasteiger partial charge is 0.457 e. The third kappa shape index (κ3) is 6.38. The van der Waals surface area contributed by atoms with Gasteiger partial charge >= 0.3 is 0 Å².